The van der Waals surface area contributed by atoms with Gasteiger partial charge in [0.2, 0.25) is 0 Å². The first-order valence-corrected chi connectivity index (χ1v) is 10.3. The Labute approximate surface area is 158 Å². The Morgan fingerprint density at radius 2 is 2.00 bits per heavy atom. The summed E-state index contributed by atoms with van der Waals surface area (Å²) < 4.78 is 1.83. The fourth-order valence-electron chi connectivity index (χ4n) is 3.11. The largest absolute Gasteiger partial charge is 0.351 e. The highest BCUT2D eigenvalue weighted by molar-refractivity contribution is 7.99. The van der Waals surface area contributed by atoms with Crippen molar-refractivity contribution < 1.29 is 4.79 Å². The maximum atomic E-state index is 12.2. The molecule has 26 heavy (non-hydrogen) atoms. The minimum atomic E-state index is -0.149. The second kappa shape index (κ2) is 9.19. The normalized spacial score (nSPS) is 20.1. The number of benzene rings is 1. The molecule has 0 unspecified atom stereocenters. The minimum Gasteiger partial charge on any atom is -0.351 e. The molecule has 140 valence electrons. The van der Waals surface area contributed by atoms with Crippen LogP contribution in [0.25, 0.3) is 0 Å². The predicted molar refractivity (Wildman–Crippen MR) is 104 cm³/mol. The molecule has 0 spiro atoms. The molecule has 7 heteroatoms. The number of hydrogen-bond donors (Lipinski definition) is 2. The van der Waals surface area contributed by atoms with E-state index >= 15 is 0 Å². The van der Waals surface area contributed by atoms with Crippen LogP contribution in [0.15, 0.2) is 35.4 Å². The van der Waals surface area contributed by atoms with E-state index in [2.05, 4.69) is 46.8 Å². The first-order valence-electron chi connectivity index (χ1n) is 9.27. The maximum Gasteiger partial charge on any atom is 0.273 e. The van der Waals surface area contributed by atoms with Crippen LogP contribution in [0.2, 0.25) is 0 Å². The number of aryl methyl sites for hydroxylation is 1. The lowest BCUT2D eigenvalue weighted by molar-refractivity contribution is 0.0948. The van der Waals surface area contributed by atoms with Crippen molar-refractivity contribution >= 4 is 17.7 Å². The Morgan fingerprint density at radius 1 is 1.27 bits per heavy atom. The number of aromatic nitrogens is 3. The smallest absolute Gasteiger partial charge is 0.273 e. The molecule has 3 rings (SSSR count). The summed E-state index contributed by atoms with van der Waals surface area (Å²) in [5, 5.41) is 11.1. The minimum absolute atomic E-state index is 0.149. The van der Waals surface area contributed by atoms with E-state index in [1.54, 1.807) is 18.0 Å². The summed E-state index contributed by atoms with van der Waals surface area (Å²) in [7, 11) is 0. The quantitative estimate of drug-likeness (QED) is 0.576. The molecule has 1 fully saturated rings. The molecule has 1 saturated carbocycles. The van der Waals surface area contributed by atoms with Gasteiger partial charge in [0.25, 0.3) is 5.91 Å². The fourth-order valence-corrected chi connectivity index (χ4v) is 3.97. The lowest BCUT2D eigenvalue weighted by atomic mass is 9.92. The molecule has 0 aliphatic heterocycles. The number of nitrogens with one attached hydrogen (secondary N) is 1. The van der Waals surface area contributed by atoms with Crippen LogP contribution in [-0.4, -0.2) is 39.2 Å². The molecule has 3 N–H and O–H groups in total. The van der Waals surface area contributed by atoms with E-state index in [1.165, 1.54) is 10.5 Å². The zero-order chi connectivity index (χ0) is 18.4. The van der Waals surface area contributed by atoms with Gasteiger partial charge in [-0.1, -0.05) is 22.9 Å². The van der Waals surface area contributed by atoms with Crippen LogP contribution in [0.4, 0.5) is 0 Å². The summed E-state index contributed by atoms with van der Waals surface area (Å²) in [5.74, 6) is 0.822. The van der Waals surface area contributed by atoms with Gasteiger partial charge < -0.3 is 11.1 Å². The number of carbonyl (C=O) groups excluding carboxylic acids is 1. The van der Waals surface area contributed by atoms with Crippen LogP contribution in [0, 0.1) is 6.92 Å². The predicted octanol–water partition coefficient (Wildman–Crippen LogP) is 2.94. The van der Waals surface area contributed by atoms with Crippen molar-refractivity contribution in [2.75, 3.05) is 12.3 Å². The number of nitrogens with zero attached hydrogens (tertiary/aromatic N) is 3. The van der Waals surface area contributed by atoms with Crippen molar-refractivity contribution in [3.8, 4) is 0 Å². The van der Waals surface area contributed by atoms with Crippen molar-refractivity contribution in [1.82, 2.24) is 20.3 Å². The summed E-state index contributed by atoms with van der Waals surface area (Å²) in [6.45, 7) is 2.73. The van der Waals surface area contributed by atoms with E-state index in [9.17, 15) is 4.79 Å². The number of nitrogens with two attached hydrogens (primary N) is 1. The Morgan fingerprint density at radius 3 is 2.73 bits per heavy atom. The molecule has 1 aromatic heterocycles. The highest BCUT2D eigenvalue weighted by Gasteiger charge is 2.22. The van der Waals surface area contributed by atoms with Crippen LogP contribution in [-0.2, 0) is 0 Å². The van der Waals surface area contributed by atoms with Gasteiger partial charge >= 0.3 is 0 Å². The maximum absolute atomic E-state index is 12.2. The number of rotatable bonds is 7. The van der Waals surface area contributed by atoms with Gasteiger partial charge in [0.15, 0.2) is 5.69 Å². The van der Waals surface area contributed by atoms with E-state index in [0.717, 1.165) is 37.9 Å². The van der Waals surface area contributed by atoms with Gasteiger partial charge in [-0.05, 0) is 56.9 Å². The van der Waals surface area contributed by atoms with Gasteiger partial charge in [0.1, 0.15) is 0 Å². The van der Waals surface area contributed by atoms with E-state index in [4.69, 9.17) is 5.73 Å². The monoisotopic (exact) mass is 373 g/mol. The fraction of sp³-hybridized carbons (Fsp3) is 0.526. The summed E-state index contributed by atoms with van der Waals surface area (Å²) in [5.41, 5.74) is 7.60. The Hall–Kier alpha value is -1.86. The highest BCUT2D eigenvalue weighted by atomic mass is 32.2. The molecule has 1 aromatic carbocycles. The van der Waals surface area contributed by atoms with E-state index in [0.29, 0.717) is 24.3 Å². The Balaban J connectivity index is 1.38. The molecule has 1 aliphatic rings. The summed E-state index contributed by atoms with van der Waals surface area (Å²) in [6.07, 6.45) is 6.69. The van der Waals surface area contributed by atoms with Crippen LogP contribution < -0.4 is 11.1 Å². The van der Waals surface area contributed by atoms with Gasteiger partial charge in [-0.15, -0.1) is 16.9 Å². The molecule has 0 atom stereocenters. The third kappa shape index (κ3) is 5.32. The van der Waals surface area contributed by atoms with Crippen molar-refractivity contribution in [1.29, 1.82) is 0 Å². The second-order valence-electron chi connectivity index (χ2n) is 6.92. The number of thioether (sulfide) groups is 1. The first kappa shape index (κ1) is 18.9. The van der Waals surface area contributed by atoms with E-state index in [1.807, 2.05) is 4.68 Å². The van der Waals surface area contributed by atoms with Crippen molar-refractivity contribution in [2.24, 2.45) is 5.73 Å². The van der Waals surface area contributed by atoms with Crippen molar-refractivity contribution in [3.05, 3.63) is 41.7 Å². The third-order valence-corrected chi connectivity index (χ3v) is 5.85. The van der Waals surface area contributed by atoms with Gasteiger partial charge in [0, 0.05) is 17.5 Å². The lowest BCUT2D eigenvalue weighted by Crippen LogP contribution is -2.28. The van der Waals surface area contributed by atoms with E-state index < -0.39 is 0 Å². The van der Waals surface area contributed by atoms with Crippen LogP contribution >= 0.6 is 11.8 Å². The first-order chi connectivity index (χ1) is 12.6. The SMILES string of the molecule is Cc1ccc(SCCCNC(=O)c2cn(C3CCC(N)CC3)nn2)cc1. The Bertz CT molecular complexity index is 707. The van der Waals surface area contributed by atoms with E-state index in [-0.39, 0.29) is 5.91 Å². The van der Waals surface area contributed by atoms with Gasteiger partial charge in [0.05, 0.1) is 12.2 Å². The molecule has 1 aliphatic carbocycles. The summed E-state index contributed by atoms with van der Waals surface area (Å²) in [6, 6.07) is 9.12. The standard InChI is InChI=1S/C19H27N5OS/c1-14-3-9-17(10-4-14)26-12-2-11-21-19(25)18-13-24(23-22-18)16-7-5-15(20)6-8-16/h3-4,9-10,13,15-16H,2,5-8,11-12,20H2,1H3,(H,21,25). The second-order valence-corrected chi connectivity index (χ2v) is 8.09. The van der Waals surface area contributed by atoms with Gasteiger partial charge in [-0.25, -0.2) is 4.68 Å². The van der Waals surface area contributed by atoms with Crippen molar-refractivity contribution in [3.63, 3.8) is 0 Å². The topological polar surface area (TPSA) is 85.8 Å². The van der Waals surface area contributed by atoms with Crippen LogP contribution in [0.1, 0.15) is 54.2 Å². The highest BCUT2D eigenvalue weighted by Crippen LogP contribution is 2.26. The van der Waals surface area contributed by atoms with Crippen LogP contribution in [0.3, 0.4) is 0 Å². The molecule has 0 radical (unpaired) electrons. The summed E-state index contributed by atoms with van der Waals surface area (Å²) in [4.78, 5) is 13.5. The molecule has 2 aromatic rings. The van der Waals surface area contributed by atoms with Gasteiger partial charge in [-0.2, -0.15) is 0 Å². The Kier molecular flexibility index (Phi) is 6.68. The third-order valence-electron chi connectivity index (χ3n) is 4.75. The average molecular weight is 374 g/mol. The lowest BCUT2D eigenvalue weighted by Gasteiger charge is -2.25. The van der Waals surface area contributed by atoms with Gasteiger partial charge in [-0.3, -0.25) is 4.79 Å². The molecule has 1 amide bonds. The average Bonchev–Trinajstić information content (AvgIpc) is 3.14. The molecular formula is C19H27N5OS. The van der Waals surface area contributed by atoms with Crippen molar-refractivity contribution in [2.45, 2.75) is 56.0 Å². The summed E-state index contributed by atoms with van der Waals surface area (Å²) >= 11 is 1.81. The number of amides is 1. The van der Waals surface area contributed by atoms with Crippen LogP contribution in [0.5, 0.6) is 0 Å². The molecule has 0 saturated heterocycles. The number of hydrogen-bond acceptors (Lipinski definition) is 5. The zero-order valence-corrected chi connectivity index (χ0v) is 16.0. The molecule has 0 bridgehead atoms. The molecular weight excluding hydrogens is 346 g/mol. The zero-order valence-electron chi connectivity index (χ0n) is 15.2. The number of carbonyl (C=O) groups is 1. The molecule has 1 heterocycles. The molecule has 6 nitrogen and oxygen atoms in total.